The van der Waals surface area contributed by atoms with Crippen LogP contribution in [0.25, 0.3) is 6.08 Å². The summed E-state index contributed by atoms with van der Waals surface area (Å²) in [6.45, 7) is 8.30. The molecule has 1 aromatic rings. The second kappa shape index (κ2) is 6.05. The monoisotopic (exact) mass is 247 g/mol. The largest absolute Gasteiger partial charge is 0.496 e. The minimum atomic E-state index is -0.100. The van der Waals surface area contributed by atoms with Crippen molar-refractivity contribution in [1.29, 1.82) is 0 Å². The minimum Gasteiger partial charge on any atom is -0.496 e. The summed E-state index contributed by atoms with van der Waals surface area (Å²) in [5.74, 6) is 0.941. The molecule has 0 saturated heterocycles. The van der Waals surface area contributed by atoms with Crippen LogP contribution < -0.4 is 10.5 Å². The van der Waals surface area contributed by atoms with E-state index in [9.17, 15) is 0 Å². The summed E-state index contributed by atoms with van der Waals surface area (Å²) >= 11 is 0. The Balaban J connectivity index is 2.81. The van der Waals surface area contributed by atoms with Crippen molar-refractivity contribution < 1.29 is 4.74 Å². The van der Waals surface area contributed by atoms with E-state index in [1.807, 2.05) is 0 Å². The number of methoxy groups -OCH3 is 1. The molecule has 0 aliphatic carbocycles. The van der Waals surface area contributed by atoms with Crippen LogP contribution >= 0.6 is 0 Å². The highest BCUT2D eigenvalue weighted by molar-refractivity contribution is 5.62. The molecule has 0 aliphatic rings. The molecular formula is C16H25NO. The first-order valence-electron chi connectivity index (χ1n) is 6.44. The van der Waals surface area contributed by atoms with Crippen molar-refractivity contribution in [2.24, 2.45) is 5.73 Å². The summed E-state index contributed by atoms with van der Waals surface area (Å²) in [5.41, 5.74) is 9.50. The lowest BCUT2D eigenvalue weighted by Gasteiger charge is -2.16. The number of nitrogens with two attached hydrogens (primary N) is 1. The predicted octanol–water partition coefficient (Wildman–Crippen LogP) is 3.84. The SMILES string of the molecule is COc1cc(C)cc(C)c1/C=C/CCC(C)(C)N. The number of rotatable bonds is 5. The fourth-order valence-corrected chi connectivity index (χ4v) is 1.98. The molecule has 2 heteroatoms. The summed E-state index contributed by atoms with van der Waals surface area (Å²) in [5, 5.41) is 0. The van der Waals surface area contributed by atoms with E-state index in [1.54, 1.807) is 7.11 Å². The number of aryl methyl sites for hydroxylation is 2. The summed E-state index contributed by atoms with van der Waals surface area (Å²) in [6.07, 6.45) is 6.28. The lowest BCUT2D eigenvalue weighted by Crippen LogP contribution is -2.31. The van der Waals surface area contributed by atoms with E-state index in [2.05, 4.69) is 52.0 Å². The van der Waals surface area contributed by atoms with Gasteiger partial charge in [0.15, 0.2) is 0 Å². The summed E-state index contributed by atoms with van der Waals surface area (Å²) in [4.78, 5) is 0. The Labute approximate surface area is 111 Å². The zero-order chi connectivity index (χ0) is 13.8. The lowest BCUT2D eigenvalue weighted by atomic mass is 9.99. The molecule has 1 rings (SSSR count). The van der Waals surface area contributed by atoms with Crippen LogP contribution in [0.15, 0.2) is 18.2 Å². The maximum Gasteiger partial charge on any atom is 0.126 e. The van der Waals surface area contributed by atoms with Gasteiger partial charge in [-0.1, -0.05) is 18.2 Å². The van der Waals surface area contributed by atoms with Crippen molar-refractivity contribution in [3.05, 3.63) is 34.9 Å². The van der Waals surface area contributed by atoms with Crippen LogP contribution in [-0.2, 0) is 0 Å². The molecular weight excluding hydrogens is 222 g/mol. The molecule has 0 amide bonds. The molecule has 1 aromatic carbocycles. The van der Waals surface area contributed by atoms with Gasteiger partial charge in [-0.2, -0.15) is 0 Å². The van der Waals surface area contributed by atoms with Gasteiger partial charge in [0, 0.05) is 11.1 Å². The highest BCUT2D eigenvalue weighted by atomic mass is 16.5. The first-order chi connectivity index (χ1) is 8.33. The molecule has 18 heavy (non-hydrogen) atoms. The first kappa shape index (κ1) is 14.8. The van der Waals surface area contributed by atoms with Gasteiger partial charge in [0.1, 0.15) is 5.75 Å². The van der Waals surface area contributed by atoms with E-state index in [-0.39, 0.29) is 5.54 Å². The van der Waals surface area contributed by atoms with Crippen molar-refractivity contribution in [3.63, 3.8) is 0 Å². The number of hydrogen-bond acceptors (Lipinski definition) is 2. The molecule has 2 N–H and O–H groups in total. The Morgan fingerprint density at radius 1 is 1.28 bits per heavy atom. The summed E-state index contributed by atoms with van der Waals surface area (Å²) in [7, 11) is 1.72. The van der Waals surface area contributed by atoms with Crippen molar-refractivity contribution in [1.82, 2.24) is 0 Å². The Hall–Kier alpha value is -1.28. The fourth-order valence-electron chi connectivity index (χ4n) is 1.98. The normalized spacial score (nSPS) is 12.1. The maximum absolute atomic E-state index is 5.96. The number of ether oxygens (including phenoxy) is 1. The standard InChI is InChI=1S/C16H25NO/c1-12-10-13(2)14(15(11-12)18-5)8-6-7-9-16(3,4)17/h6,8,10-11H,7,9,17H2,1-5H3/b8-6+. The van der Waals surface area contributed by atoms with Crippen LogP contribution in [0, 0.1) is 13.8 Å². The van der Waals surface area contributed by atoms with Gasteiger partial charge in [-0.25, -0.2) is 0 Å². The fraction of sp³-hybridized carbons (Fsp3) is 0.500. The topological polar surface area (TPSA) is 35.2 Å². The maximum atomic E-state index is 5.96. The third-order valence-corrected chi connectivity index (χ3v) is 2.95. The van der Waals surface area contributed by atoms with E-state index in [0.717, 1.165) is 24.2 Å². The Bertz CT molecular complexity index is 427. The first-order valence-corrected chi connectivity index (χ1v) is 6.44. The Morgan fingerprint density at radius 3 is 2.50 bits per heavy atom. The molecule has 0 radical (unpaired) electrons. The van der Waals surface area contributed by atoms with E-state index < -0.39 is 0 Å². The zero-order valence-electron chi connectivity index (χ0n) is 12.2. The summed E-state index contributed by atoms with van der Waals surface area (Å²) in [6, 6.07) is 4.24. The molecule has 0 bridgehead atoms. The van der Waals surface area contributed by atoms with Gasteiger partial charge >= 0.3 is 0 Å². The molecule has 100 valence electrons. The van der Waals surface area contributed by atoms with Gasteiger partial charge in [0.2, 0.25) is 0 Å². The van der Waals surface area contributed by atoms with E-state index in [0.29, 0.717) is 0 Å². The van der Waals surface area contributed by atoms with Gasteiger partial charge in [0.05, 0.1) is 7.11 Å². The van der Waals surface area contributed by atoms with Gasteiger partial charge < -0.3 is 10.5 Å². The van der Waals surface area contributed by atoms with Crippen LogP contribution in [0.1, 0.15) is 43.4 Å². The van der Waals surface area contributed by atoms with E-state index in [4.69, 9.17) is 10.5 Å². The molecule has 0 saturated carbocycles. The predicted molar refractivity (Wildman–Crippen MR) is 79.0 cm³/mol. The second-order valence-corrected chi connectivity index (χ2v) is 5.63. The van der Waals surface area contributed by atoms with Gasteiger partial charge in [-0.05, 0) is 57.7 Å². The molecule has 0 fully saturated rings. The number of benzene rings is 1. The van der Waals surface area contributed by atoms with Gasteiger partial charge in [0.25, 0.3) is 0 Å². The molecule has 0 aromatic heterocycles. The van der Waals surface area contributed by atoms with Crippen molar-refractivity contribution in [2.45, 2.75) is 46.1 Å². The van der Waals surface area contributed by atoms with Gasteiger partial charge in [-0.15, -0.1) is 0 Å². The summed E-state index contributed by atoms with van der Waals surface area (Å²) < 4.78 is 5.43. The van der Waals surface area contributed by atoms with E-state index >= 15 is 0 Å². The highest BCUT2D eigenvalue weighted by Gasteiger charge is 2.08. The van der Waals surface area contributed by atoms with Crippen molar-refractivity contribution >= 4 is 6.08 Å². The molecule has 0 heterocycles. The third-order valence-electron chi connectivity index (χ3n) is 2.95. The average molecular weight is 247 g/mol. The Morgan fingerprint density at radius 2 is 1.94 bits per heavy atom. The molecule has 2 nitrogen and oxygen atoms in total. The van der Waals surface area contributed by atoms with Crippen LogP contribution in [-0.4, -0.2) is 12.6 Å². The lowest BCUT2D eigenvalue weighted by molar-refractivity contribution is 0.413. The minimum absolute atomic E-state index is 0.100. The van der Waals surface area contributed by atoms with Gasteiger partial charge in [-0.3, -0.25) is 0 Å². The number of hydrogen-bond donors (Lipinski definition) is 1. The molecule has 0 atom stereocenters. The average Bonchev–Trinajstić information content (AvgIpc) is 2.24. The molecule has 0 spiro atoms. The third kappa shape index (κ3) is 4.53. The van der Waals surface area contributed by atoms with Crippen LogP contribution in [0.2, 0.25) is 0 Å². The highest BCUT2D eigenvalue weighted by Crippen LogP contribution is 2.25. The van der Waals surface area contributed by atoms with Crippen LogP contribution in [0.5, 0.6) is 5.75 Å². The molecule has 0 unspecified atom stereocenters. The smallest absolute Gasteiger partial charge is 0.126 e. The quantitative estimate of drug-likeness (QED) is 0.858. The van der Waals surface area contributed by atoms with Crippen molar-refractivity contribution in [3.8, 4) is 5.75 Å². The van der Waals surface area contributed by atoms with Crippen LogP contribution in [0.4, 0.5) is 0 Å². The number of allylic oxidation sites excluding steroid dienone is 1. The van der Waals surface area contributed by atoms with E-state index in [1.165, 1.54) is 11.1 Å². The molecule has 0 aliphatic heterocycles. The zero-order valence-corrected chi connectivity index (χ0v) is 12.2. The van der Waals surface area contributed by atoms with Crippen LogP contribution in [0.3, 0.4) is 0 Å². The van der Waals surface area contributed by atoms with Crippen molar-refractivity contribution in [2.75, 3.05) is 7.11 Å². The second-order valence-electron chi connectivity index (χ2n) is 5.63. The Kier molecular flexibility index (Phi) is 4.97.